The van der Waals surface area contributed by atoms with Crippen LogP contribution in [0.15, 0.2) is 48.5 Å². The van der Waals surface area contributed by atoms with Crippen molar-refractivity contribution in [1.29, 1.82) is 0 Å². The van der Waals surface area contributed by atoms with Crippen molar-refractivity contribution < 1.29 is 28.5 Å². The second-order valence-electron chi connectivity index (χ2n) is 5.21. The minimum absolute atomic E-state index is 0.194. The van der Waals surface area contributed by atoms with E-state index >= 15 is 0 Å². The first kappa shape index (κ1) is 19.5. The normalized spacial score (nSPS) is 10.2. The van der Waals surface area contributed by atoms with Gasteiger partial charge in [0.25, 0.3) is 0 Å². The predicted octanol–water partition coefficient (Wildman–Crippen LogP) is 3.50. The van der Waals surface area contributed by atoms with Crippen molar-refractivity contribution in [2.45, 2.75) is 13.8 Å². The number of hydrogen-bond acceptors (Lipinski definition) is 6. The van der Waals surface area contributed by atoms with E-state index in [1.165, 1.54) is 0 Å². The van der Waals surface area contributed by atoms with Crippen molar-refractivity contribution in [1.82, 2.24) is 0 Å². The van der Waals surface area contributed by atoms with E-state index in [0.717, 1.165) is 0 Å². The molecule has 2 aromatic rings. The zero-order chi connectivity index (χ0) is 18.8. The molecule has 0 heterocycles. The fraction of sp³-hybridized carbons (Fsp3) is 0.300. The molecule has 0 bridgehead atoms. The van der Waals surface area contributed by atoms with Gasteiger partial charge in [-0.3, -0.25) is 0 Å². The first-order valence-corrected chi connectivity index (χ1v) is 8.44. The third-order valence-corrected chi connectivity index (χ3v) is 3.35. The van der Waals surface area contributed by atoms with Gasteiger partial charge in [0.2, 0.25) is 0 Å². The van der Waals surface area contributed by atoms with E-state index < -0.39 is 11.9 Å². The first-order chi connectivity index (χ1) is 12.6. The maximum absolute atomic E-state index is 12.2. The average Bonchev–Trinajstić information content (AvgIpc) is 2.66. The van der Waals surface area contributed by atoms with Crippen molar-refractivity contribution >= 4 is 11.9 Å². The number of carbonyl (C=O) groups is 2. The number of carbonyl (C=O) groups excluding carboxylic acids is 2. The van der Waals surface area contributed by atoms with Crippen LogP contribution in [-0.2, 0) is 9.47 Å². The van der Waals surface area contributed by atoms with Crippen molar-refractivity contribution in [2.24, 2.45) is 0 Å². The van der Waals surface area contributed by atoms with Gasteiger partial charge in [-0.2, -0.15) is 0 Å². The Morgan fingerprint density at radius 3 is 2.27 bits per heavy atom. The van der Waals surface area contributed by atoms with E-state index in [0.29, 0.717) is 42.4 Å². The van der Waals surface area contributed by atoms with Crippen LogP contribution in [0.2, 0.25) is 0 Å². The molecule has 2 rings (SSSR count). The topological polar surface area (TPSA) is 71.1 Å². The minimum Gasteiger partial charge on any atom is -0.494 e. The Balaban J connectivity index is 1.93. The third kappa shape index (κ3) is 5.89. The zero-order valence-corrected chi connectivity index (χ0v) is 14.9. The molecule has 0 N–H and O–H groups in total. The monoisotopic (exact) mass is 358 g/mol. The molecule has 6 heteroatoms. The summed E-state index contributed by atoms with van der Waals surface area (Å²) in [4.78, 5) is 24.1. The molecule has 138 valence electrons. The molecule has 0 atom stereocenters. The van der Waals surface area contributed by atoms with Crippen LogP contribution >= 0.6 is 0 Å². The van der Waals surface area contributed by atoms with Gasteiger partial charge in [-0.05, 0) is 56.3 Å². The molecule has 0 unspecified atom stereocenters. The number of benzene rings is 2. The van der Waals surface area contributed by atoms with E-state index in [2.05, 4.69) is 0 Å². The molecule has 0 aromatic heterocycles. The summed E-state index contributed by atoms with van der Waals surface area (Å²) >= 11 is 0. The lowest BCUT2D eigenvalue weighted by atomic mass is 10.2. The van der Waals surface area contributed by atoms with Gasteiger partial charge >= 0.3 is 11.9 Å². The van der Waals surface area contributed by atoms with Crippen molar-refractivity contribution in [3.05, 3.63) is 59.7 Å². The Labute approximate surface area is 152 Å². The van der Waals surface area contributed by atoms with E-state index in [4.69, 9.17) is 18.9 Å². The number of ether oxygens (including phenoxy) is 4. The van der Waals surface area contributed by atoms with Crippen molar-refractivity contribution in [3.8, 4) is 11.5 Å². The van der Waals surface area contributed by atoms with Gasteiger partial charge in [-0.15, -0.1) is 0 Å². The molecule has 6 nitrogen and oxygen atoms in total. The minimum atomic E-state index is -0.501. The quantitative estimate of drug-likeness (QED) is 0.388. The highest BCUT2D eigenvalue weighted by atomic mass is 16.6. The van der Waals surface area contributed by atoms with Crippen molar-refractivity contribution in [2.75, 3.05) is 26.4 Å². The van der Waals surface area contributed by atoms with Gasteiger partial charge < -0.3 is 18.9 Å². The highest BCUT2D eigenvalue weighted by molar-refractivity contribution is 5.92. The molecule has 2 aromatic carbocycles. The molecule has 0 spiro atoms. The van der Waals surface area contributed by atoms with Crippen LogP contribution in [0.3, 0.4) is 0 Å². The average molecular weight is 358 g/mol. The van der Waals surface area contributed by atoms with Crippen LogP contribution in [0.5, 0.6) is 11.5 Å². The number of rotatable bonds is 9. The summed E-state index contributed by atoms with van der Waals surface area (Å²) in [5.74, 6) is -0.0136. The van der Waals surface area contributed by atoms with Crippen LogP contribution in [0.1, 0.15) is 34.6 Å². The number of esters is 2. The van der Waals surface area contributed by atoms with E-state index in [9.17, 15) is 9.59 Å². The van der Waals surface area contributed by atoms with Gasteiger partial charge in [-0.25, -0.2) is 9.59 Å². The lowest BCUT2D eigenvalue weighted by Gasteiger charge is -2.08. The van der Waals surface area contributed by atoms with Crippen LogP contribution in [0.25, 0.3) is 0 Å². The Bertz CT molecular complexity index is 723. The molecule has 0 aliphatic carbocycles. The summed E-state index contributed by atoms with van der Waals surface area (Å²) in [5, 5.41) is 0. The molecule has 0 saturated carbocycles. The predicted molar refractivity (Wildman–Crippen MR) is 95.8 cm³/mol. The van der Waals surface area contributed by atoms with Crippen LogP contribution in [0.4, 0.5) is 0 Å². The SMILES string of the molecule is CCOCCOC(=O)c1ccc(OC(=O)c2cccc(OCC)c2)cc1. The molecule has 0 aliphatic rings. The summed E-state index contributed by atoms with van der Waals surface area (Å²) in [5.41, 5.74) is 0.759. The Kier molecular flexibility index (Phi) is 7.64. The summed E-state index contributed by atoms with van der Waals surface area (Å²) in [6, 6.07) is 12.9. The zero-order valence-electron chi connectivity index (χ0n) is 14.9. The molecule has 0 saturated heterocycles. The van der Waals surface area contributed by atoms with Gasteiger partial charge in [0.1, 0.15) is 18.1 Å². The molecule has 0 aliphatic heterocycles. The summed E-state index contributed by atoms with van der Waals surface area (Å²) in [6.07, 6.45) is 0. The molecule has 26 heavy (non-hydrogen) atoms. The van der Waals surface area contributed by atoms with Crippen LogP contribution in [-0.4, -0.2) is 38.4 Å². The Morgan fingerprint density at radius 2 is 1.58 bits per heavy atom. The maximum Gasteiger partial charge on any atom is 0.343 e. The lowest BCUT2D eigenvalue weighted by Crippen LogP contribution is -2.11. The Morgan fingerprint density at radius 1 is 0.808 bits per heavy atom. The van der Waals surface area contributed by atoms with Crippen LogP contribution in [0, 0.1) is 0 Å². The fourth-order valence-corrected chi connectivity index (χ4v) is 2.13. The summed E-state index contributed by atoms with van der Waals surface area (Å²) in [6.45, 7) is 5.38. The third-order valence-electron chi connectivity index (χ3n) is 3.35. The molecule has 0 fully saturated rings. The van der Waals surface area contributed by atoms with E-state index in [1.54, 1.807) is 48.5 Å². The second kappa shape index (κ2) is 10.2. The van der Waals surface area contributed by atoms with E-state index in [-0.39, 0.29) is 6.61 Å². The molecule has 0 amide bonds. The highest BCUT2D eigenvalue weighted by Crippen LogP contribution is 2.18. The Hall–Kier alpha value is -2.86. The van der Waals surface area contributed by atoms with Crippen molar-refractivity contribution in [3.63, 3.8) is 0 Å². The standard InChI is InChI=1S/C20H22O6/c1-3-23-12-13-25-19(21)15-8-10-17(11-9-15)26-20(22)16-6-5-7-18(14-16)24-4-2/h5-11,14H,3-4,12-13H2,1-2H3. The summed E-state index contributed by atoms with van der Waals surface area (Å²) in [7, 11) is 0. The number of hydrogen-bond donors (Lipinski definition) is 0. The summed E-state index contributed by atoms with van der Waals surface area (Å²) < 4.78 is 20.9. The maximum atomic E-state index is 12.2. The lowest BCUT2D eigenvalue weighted by molar-refractivity contribution is 0.0335. The molecular weight excluding hydrogens is 336 g/mol. The van der Waals surface area contributed by atoms with E-state index in [1.807, 2.05) is 13.8 Å². The highest BCUT2D eigenvalue weighted by Gasteiger charge is 2.11. The second-order valence-corrected chi connectivity index (χ2v) is 5.21. The smallest absolute Gasteiger partial charge is 0.343 e. The van der Waals surface area contributed by atoms with Gasteiger partial charge in [0.15, 0.2) is 0 Å². The van der Waals surface area contributed by atoms with Crippen LogP contribution < -0.4 is 9.47 Å². The molecular formula is C20H22O6. The largest absolute Gasteiger partial charge is 0.494 e. The van der Waals surface area contributed by atoms with Gasteiger partial charge in [0.05, 0.1) is 24.3 Å². The van der Waals surface area contributed by atoms with Gasteiger partial charge in [0, 0.05) is 6.61 Å². The fourth-order valence-electron chi connectivity index (χ4n) is 2.13. The first-order valence-electron chi connectivity index (χ1n) is 8.44. The van der Waals surface area contributed by atoms with Gasteiger partial charge in [-0.1, -0.05) is 6.07 Å². The molecule has 0 radical (unpaired) electrons.